The van der Waals surface area contributed by atoms with Gasteiger partial charge in [-0.15, -0.1) is 10.2 Å². The zero-order valence-electron chi connectivity index (χ0n) is 15.4. The first-order valence-corrected chi connectivity index (χ1v) is 9.41. The SMILES string of the molecule is c1ccc(Cc2cccc(-n3nc4ccc(-c5ccccc5)cc4n3)c2)cc1. The summed E-state index contributed by atoms with van der Waals surface area (Å²) < 4.78 is 0. The molecular formula is C25H19N3. The average Bonchev–Trinajstić information content (AvgIpc) is 3.19. The highest BCUT2D eigenvalue weighted by Crippen LogP contribution is 2.23. The Hall–Kier alpha value is -3.72. The standard InChI is InChI=1S/C25H19N3/c1-3-8-19(9-4-1)16-20-10-7-13-23(17-20)28-26-24-15-14-22(18-25(24)27-28)21-11-5-2-6-12-21/h1-15,17-18H,16H2. The minimum absolute atomic E-state index is 0.896. The fraction of sp³-hybridized carbons (Fsp3) is 0.0400. The molecule has 0 radical (unpaired) electrons. The molecule has 3 nitrogen and oxygen atoms in total. The molecule has 0 aliphatic heterocycles. The highest BCUT2D eigenvalue weighted by Gasteiger charge is 2.07. The van der Waals surface area contributed by atoms with Crippen molar-refractivity contribution >= 4 is 11.0 Å². The summed E-state index contributed by atoms with van der Waals surface area (Å²) in [6, 6.07) is 35.5. The molecule has 0 bridgehead atoms. The Morgan fingerprint density at radius 1 is 0.536 bits per heavy atom. The van der Waals surface area contributed by atoms with E-state index < -0.39 is 0 Å². The molecule has 5 rings (SSSR count). The summed E-state index contributed by atoms with van der Waals surface area (Å²) in [7, 11) is 0. The van der Waals surface area contributed by atoms with E-state index in [0.29, 0.717) is 0 Å². The maximum atomic E-state index is 4.72. The quantitative estimate of drug-likeness (QED) is 0.412. The first-order chi connectivity index (χ1) is 13.8. The number of hydrogen-bond acceptors (Lipinski definition) is 2. The molecule has 0 atom stereocenters. The van der Waals surface area contributed by atoms with Crippen molar-refractivity contribution in [2.24, 2.45) is 0 Å². The van der Waals surface area contributed by atoms with Crippen LogP contribution in [0.3, 0.4) is 0 Å². The third-order valence-corrected chi connectivity index (χ3v) is 4.88. The Balaban J connectivity index is 1.48. The third kappa shape index (κ3) is 3.30. The minimum atomic E-state index is 0.896. The highest BCUT2D eigenvalue weighted by molar-refractivity contribution is 5.81. The van der Waals surface area contributed by atoms with Gasteiger partial charge >= 0.3 is 0 Å². The Morgan fingerprint density at radius 2 is 1.25 bits per heavy atom. The summed E-state index contributed by atoms with van der Waals surface area (Å²) in [5.74, 6) is 0. The van der Waals surface area contributed by atoms with Gasteiger partial charge in [0.25, 0.3) is 0 Å². The predicted octanol–water partition coefficient (Wildman–Crippen LogP) is 5.68. The van der Waals surface area contributed by atoms with Crippen molar-refractivity contribution in [3.8, 4) is 16.8 Å². The average molecular weight is 361 g/mol. The van der Waals surface area contributed by atoms with Crippen LogP contribution in [0.25, 0.3) is 27.8 Å². The largest absolute Gasteiger partial charge is 0.150 e. The van der Waals surface area contributed by atoms with Crippen LogP contribution in [0.2, 0.25) is 0 Å². The molecule has 5 aromatic rings. The molecule has 0 aliphatic rings. The van der Waals surface area contributed by atoms with Crippen LogP contribution in [0, 0.1) is 0 Å². The van der Waals surface area contributed by atoms with Gasteiger partial charge in [-0.05, 0) is 52.9 Å². The highest BCUT2D eigenvalue weighted by atomic mass is 15.5. The lowest BCUT2D eigenvalue weighted by atomic mass is 10.0. The molecule has 134 valence electrons. The molecule has 0 amide bonds. The van der Waals surface area contributed by atoms with Crippen molar-refractivity contribution in [1.29, 1.82) is 0 Å². The maximum Gasteiger partial charge on any atom is 0.114 e. The van der Waals surface area contributed by atoms with Crippen LogP contribution in [0.15, 0.2) is 103 Å². The Labute approximate surface area is 163 Å². The first-order valence-electron chi connectivity index (χ1n) is 9.41. The molecule has 0 spiro atoms. The van der Waals surface area contributed by atoms with Crippen molar-refractivity contribution in [2.45, 2.75) is 6.42 Å². The van der Waals surface area contributed by atoms with Crippen molar-refractivity contribution in [3.05, 3.63) is 114 Å². The number of hydrogen-bond donors (Lipinski definition) is 0. The molecule has 0 saturated carbocycles. The van der Waals surface area contributed by atoms with E-state index in [1.165, 1.54) is 16.7 Å². The summed E-state index contributed by atoms with van der Waals surface area (Å²) in [4.78, 5) is 1.73. The topological polar surface area (TPSA) is 30.7 Å². The lowest BCUT2D eigenvalue weighted by molar-refractivity contribution is 0.764. The van der Waals surface area contributed by atoms with Crippen molar-refractivity contribution < 1.29 is 0 Å². The van der Waals surface area contributed by atoms with Gasteiger partial charge in [0, 0.05) is 0 Å². The van der Waals surface area contributed by atoms with E-state index in [9.17, 15) is 0 Å². The molecule has 1 heterocycles. The van der Waals surface area contributed by atoms with E-state index in [1.807, 2.05) is 24.3 Å². The summed E-state index contributed by atoms with van der Waals surface area (Å²) in [6.07, 6.45) is 0.896. The number of benzene rings is 4. The van der Waals surface area contributed by atoms with E-state index in [4.69, 9.17) is 5.10 Å². The molecule has 28 heavy (non-hydrogen) atoms. The van der Waals surface area contributed by atoms with E-state index in [0.717, 1.165) is 28.7 Å². The van der Waals surface area contributed by atoms with Crippen LogP contribution in [-0.4, -0.2) is 15.0 Å². The van der Waals surface area contributed by atoms with Gasteiger partial charge in [0.15, 0.2) is 0 Å². The molecule has 1 aromatic heterocycles. The van der Waals surface area contributed by atoms with Crippen LogP contribution in [0.4, 0.5) is 0 Å². The van der Waals surface area contributed by atoms with E-state index in [2.05, 4.69) is 84.0 Å². The first kappa shape index (κ1) is 16.5. The zero-order chi connectivity index (χ0) is 18.8. The number of rotatable bonds is 4. The molecule has 0 saturated heterocycles. The van der Waals surface area contributed by atoms with Gasteiger partial charge in [0.1, 0.15) is 11.0 Å². The summed E-state index contributed by atoms with van der Waals surface area (Å²) >= 11 is 0. The van der Waals surface area contributed by atoms with Crippen LogP contribution in [0.1, 0.15) is 11.1 Å². The van der Waals surface area contributed by atoms with Gasteiger partial charge < -0.3 is 0 Å². The van der Waals surface area contributed by atoms with Crippen LogP contribution >= 0.6 is 0 Å². The van der Waals surface area contributed by atoms with Crippen LogP contribution in [0.5, 0.6) is 0 Å². The summed E-state index contributed by atoms with van der Waals surface area (Å²) in [6.45, 7) is 0. The predicted molar refractivity (Wildman–Crippen MR) is 114 cm³/mol. The van der Waals surface area contributed by atoms with Crippen molar-refractivity contribution in [3.63, 3.8) is 0 Å². The fourth-order valence-corrected chi connectivity index (χ4v) is 3.46. The molecule has 3 heteroatoms. The smallest absolute Gasteiger partial charge is 0.114 e. The van der Waals surface area contributed by atoms with Crippen molar-refractivity contribution in [1.82, 2.24) is 15.0 Å². The van der Waals surface area contributed by atoms with Gasteiger partial charge in [0.05, 0.1) is 5.69 Å². The Morgan fingerprint density at radius 3 is 2.07 bits per heavy atom. The van der Waals surface area contributed by atoms with E-state index >= 15 is 0 Å². The fourth-order valence-electron chi connectivity index (χ4n) is 3.46. The minimum Gasteiger partial charge on any atom is -0.150 e. The van der Waals surface area contributed by atoms with Gasteiger partial charge in [-0.3, -0.25) is 0 Å². The lowest BCUT2D eigenvalue weighted by Gasteiger charge is -2.04. The van der Waals surface area contributed by atoms with Gasteiger partial charge in [-0.1, -0.05) is 78.9 Å². The molecule has 0 aliphatic carbocycles. The monoisotopic (exact) mass is 361 g/mol. The number of aromatic nitrogens is 3. The number of fused-ring (bicyclic) bond motifs is 1. The molecule has 0 unspecified atom stereocenters. The second-order valence-electron chi connectivity index (χ2n) is 6.89. The third-order valence-electron chi connectivity index (χ3n) is 4.88. The maximum absolute atomic E-state index is 4.72. The molecule has 0 fully saturated rings. The molecule has 0 N–H and O–H groups in total. The zero-order valence-corrected chi connectivity index (χ0v) is 15.4. The Kier molecular flexibility index (Phi) is 4.19. The molecule has 4 aromatic carbocycles. The Bertz CT molecular complexity index is 1220. The van der Waals surface area contributed by atoms with Gasteiger partial charge in [-0.25, -0.2) is 0 Å². The lowest BCUT2D eigenvalue weighted by Crippen LogP contribution is -1.99. The van der Waals surface area contributed by atoms with E-state index in [1.54, 1.807) is 4.80 Å². The van der Waals surface area contributed by atoms with E-state index in [-0.39, 0.29) is 0 Å². The van der Waals surface area contributed by atoms with Gasteiger partial charge in [0.2, 0.25) is 0 Å². The normalized spacial score (nSPS) is 11.0. The number of nitrogens with zero attached hydrogens (tertiary/aromatic N) is 3. The molecular weight excluding hydrogens is 342 g/mol. The second-order valence-corrected chi connectivity index (χ2v) is 6.89. The van der Waals surface area contributed by atoms with Crippen molar-refractivity contribution in [2.75, 3.05) is 0 Å². The summed E-state index contributed by atoms with van der Waals surface area (Å²) in [5.41, 5.74) is 7.65. The van der Waals surface area contributed by atoms with Crippen LogP contribution < -0.4 is 0 Å². The second kappa shape index (κ2) is 7.12. The van der Waals surface area contributed by atoms with Crippen LogP contribution in [-0.2, 0) is 6.42 Å². The summed E-state index contributed by atoms with van der Waals surface area (Å²) in [5, 5.41) is 9.39. The van der Waals surface area contributed by atoms with Gasteiger partial charge in [-0.2, -0.15) is 4.80 Å².